The van der Waals surface area contributed by atoms with Crippen LogP contribution >= 0.6 is 65.8 Å². The molecule has 3 aromatic heterocycles. The highest BCUT2D eigenvalue weighted by Gasteiger charge is 2.20. The molecule has 1 aromatic carbocycles. The van der Waals surface area contributed by atoms with E-state index < -0.39 is 0 Å². The minimum absolute atomic E-state index is 0.254. The monoisotopic (exact) mass is 675 g/mol. The van der Waals surface area contributed by atoms with Crippen LogP contribution in [0, 0.1) is 0 Å². The highest BCUT2D eigenvalue weighted by atomic mass is 33.1. The molecule has 1 aliphatic rings. The Bertz CT molecular complexity index is 1270. The zero-order valence-corrected chi connectivity index (χ0v) is 29.4. The number of aromatic nitrogens is 1. The Morgan fingerprint density at radius 3 is 1.67 bits per heavy atom. The molecule has 1 fully saturated rings. The van der Waals surface area contributed by atoms with E-state index in [1.54, 1.807) is 0 Å². The standard InChI is InChI=1S/C33H41NO2S6/c1-3-5-7-9-23-37-41-31-19-17-29(39-31)27-15-16-28(30-18-20-32(40-30)42-38-24-10-8-6-4-2)34(27)26-13-11-25(12-14-26)33-35-21-22-36-33/h11-20,33H,3-10,21-24H2,1-2H3. The molecule has 0 bridgehead atoms. The van der Waals surface area contributed by atoms with Crippen molar-refractivity contribution in [3.8, 4) is 26.8 Å². The maximum atomic E-state index is 5.75. The first-order chi connectivity index (χ1) is 20.8. The summed E-state index contributed by atoms with van der Waals surface area (Å²) in [5.74, 6) is 2.43. The minimum atomic E-state index is -0.254. The molecule has 9 heteroatoms. The lowest BCUT2D eigenvalue weighted by molar-refractivity contribution is -0.0441. The third-order valence-corrected chi connectivity index (χ3v) is 15.0. The number of hydrogen-bond acceptors (Lipinski definition) is 8. The lowest BCUT2D eigenvalue weighted by atomic mass is 10.2. The summed E-state index contributed by atoms with van der Waals surface area (Å²) in [6.45, 7) is 5.86. The molecule has 0 spiro atoms. The van der Waals surface area contributed by atoms with Gasteiger partial charge in [-0.2, -0.15) is 0 Å². The Balaban J connectivity index is 1.34. The van der Waals surface area contributed by atoms with Crippen LogP contribution in [0.4, 0.5) is 0 Å². The molecule has 5 rings (SSSR count). The van der Waals surface area contributed by atoms with E-state index in [-0.39, 0.29) is 6.29 Å². The van der Waals surface area contributed by atoms with Gasteiger partial charge >= 0.3 is 0 Å². The fraction of sp³-hybridized carbons (Fsp3) is 0.455. The number of nitrogens with zero attached hydrogens (tertiary/aromatic N) is 1. The molecule has 1 aliphatic heterocycles. The molecular formula is C33H41NO2S6. The van der Waals surface area contributed by atoms with E-state index in [0.29, 0.717) is 13.2 Å². The van der Waals surface area contributed by atoms with Crippen molar-refractivity contribution in [3.63, 3.8) is 0 Å². The topological polar surface area (TPSA) is 23.4 Å². The molecule has 1 saturated heterocycles. The highest BCUT2D eigenvalue weighted by molar-refractivity contribution is 8.77. The molecule has 0 aliphatic carbocycles. The van der Waals surface area contributed by atoms with Crippen LogP contribution in [0.2, 0.25) is 0 Å². The third-order valence-electron chi connectivity index (χ3n) is 7.04. The molecule has 0 saturated carbocycles. The van der Waals surface area contributed by atoms with E-state index in [1.807, 2.05) is 65.8 Å². The molecule has 42 heavy (non-hydrogen) atoms. The summed E-state index contributed by atoms with van der Waals surface area (Å²) in [6.07, 6.45) is 10.3. The normalized spacial score (nSPS) is 13.9. The van der Waals surface area contributed by atoms with Crippen LogP contribution in [0.1, 0.15) is 77.1 Å². The second kappa shape index (κ2) is 17.6. The van der Waals surface area contributed by atoms with Crippen molar-refractivity contribution in [1.82, 2.24) is 4.57 Å². The quantitative estimate of drug-likeness (QED) is 0.0768. The first kappa shape index (κ1) is 32.6. The van der Waals surface area contributed by atoms with Gasteiger partial charge in [0.1, 0.15) is 0 Å². The molecule has 226 valence electrons. The van der Waals surface area contributed by atoms with Gasteiger partial charge in [-0.1, -0.05) is 86.1 Å². The van der Waals surface area contributed by atoms with Gasteiger partial charge in [-0.15, -0.1) is 22.7 Å². The van der Waals surface area contributed by atoms with Gasteiger partial charge in [0, 0.05) is 22.8 Å². The second-order valence-corrected chi connectivity index (χ2v) is 17.9. The largest absolute Gasteiger partial charge is 0.346 e. The first-order valence-electron chi connectivity index (χ1n) is 15.1. The van der Waals surface area contributed by atoms with E-state index in [0.717, 1.165) is 11.3 Å². The van der Waals surface area contributed by atoms with Gasteiger partial charge in [0.05, 0.1) is 42.8 Å². The van der Waals surface area contributed by atoms with E-state index in [1.165, 1.54) is 92.4 Å². The first-order valence-corrected chi connectivity index (χ1v) is 21.4. The van der Waals surface area contributed by atoms with E-state index >= 15 is 0 Å². The molecule has 0 N–H and O–H groups in total. The van der Waals surface area contributed by atoms with Crippen LogP contribution in [-0.2, 0) is 9.47 Å². The fourth-order valence-electron chi connectivity index (χ4n) is 4.81. The maximum absolute atomic E-state index is 5.75. The van der Waals surface area contributed by atoms with Crippen LogP contribution in [0.5, 0.6) is 0 Å². The molecule has 3 nitrogen and oxygen atoms in total. The summed E-state index contributed by atoms with van der Waals surface area (Å²) < 4.78 is 16.7. The fourth-order valence-corrected chi connectivity index (χ4v) is 12.1. The maximum Gasteiger partial charge on any atom is 0.184 e. The van der Waals surface area contributed by atoms with Gasteiger partial charge in [-0.05, 0) is 83.0 Å². The van der Waals surface area contributed by atoms with Crippen LogP contribution in [-0.4, -0.2) is 29.3 Å². The minimum Gasteiger partial charge on any atom is -0.346 e. The Morgan fingerprint density at radius 1 is 0.643 bits per heavy atom. The number of rotatable bonds is 18. The van der Waals surface area contributed by atoms with Crippen molar-refractivity contribution in [2.75, 3.05) is 24.7 Å². The number of unbranched alkanes of at least 4 members (excludes halogenated alkanes) is 6. The van der Waals surface area contributed by atoms with E-state index in [2.05, 4.69) is 79.1 Å². The summed E-state index contributed by atoms with van der Waals surface area (Å²) in [5, 5.41) is 0. The van der Waals surface area contributed by atoms with Crippen LogP contribution in [0.15, 0.2) is 69.1 Å². The van der Waals surface area contributed by atoms with Crippen molar-refractivity contribution >= 4 is 65.8 Å². The zero-order valence-electron chi connectivity index (χ0n) is 24.5. The zero-order chi connectivity index (χ0) is 29.0. The van der Waals surface area contributed by atoms with Crippen molar-refractivity contribution in [1.29, 1.82) is 0 Å². The summed E-state index contributed by atoms with van der Waals surface area (Å²) >= 11 is 3.79. The number of thiophene rings is 2. The second-order valence-electron chi connectivity index (χ2n) is 10.3. The Kier molecular flexibility index (Phi) is 13.7. The van der Waals surface area contributed by atoms with Gasteiger partial charge in [0.25, 0.3) is 0 Å². The number of ether oxygens (including phenoxy) is 2. The summed E-state index contributed by atoms with van der Waals surface area (Å²) in [7, 11) is 7.83. The third kappa shape index (κ3) is 9.13. The molecule has 0 unspecified atom stereocenters. The average Bonchev–Trinajstić information content (AvgIpc) is 3.84. The van der Waals surface area contributed by atoms with Crippen LogP contribution in [0.25, 0.3) is 26.8 Å². The smallest absolute Gasteiger partial charge is 0.184 e. The van der Waals surface area contributed by atoms with E-state index in [4.69, 9.17) is 9.47 Å². The lowest BCUT2D eigenvalue weighted by Gasteiger charge is -2.15. The lowest BCUT2D eigenvalue weighted by Crippen LogP contribution is -2.01. The molecule has 0 atom stereocenters. The molecule has 0 amide bonds. The van der Waals surface area contributed by atoms with Gasteiger partial charge in [-0.3, -0.25) is 0 Å². The Morgan fingerprint density at radius 2 is 1.17 bits per heavy atom. The summed E-state index contributed by atoms with van der Waals surface area (Å²) in [5.41, 5.74) is 4.71. The van der Waals surface area contributed by atoms with Gasteiger partial charge in [0.15, 0.2) is 6.29 Å². The van der Waals surface area contributed by atoms with Crippen molar-refractivity contribution in [2.45, 2.75) is 79.9 Å². The molecule has 4 aromatic rings. The van der Waals surface area contributed by atoms with Crippen LogP contribution in [0.3, 0.4) is 0 Å². The van der Waals surface area contributed by atoms with Crippen molar-refractivity contribution < 1.29 is 9.47 Å². The van der Waals surface area contributed by atoms with E-state index in [9.17, 15) is 0 Å². The predicted octanol–water partition coefficient (Wildman–Crippen LogP) is 12.6. The van der Waals surface area contributed by atoms with Gasteiger partial charge in [0.2, 0.25) is 0 Å². The predicted molar refractivity (Wildman–Crippen MR) is 192 cm³/mol. The summed E-state index contributed by atoms with van der Waals surface area (Å²) in [4.78, 5) is 2.60. The van der Waals surface area contributed by atoms with Crippen molar-refractivity contribution in [3.05, 3.63) is 66.2 Å². The molecule has 4 heterocycles. The van der Waals surface area contributed by atoms with Crippen LogP contribution < -0.4 is 0 Å². The summed E-state index contributed by atoms with van der Waals surface area (Å²) in [6, 6.07) is 22.4. The number of hydrogen-bond donors (Lipinski definition) is 0. The molecular weight excluding hydrogens is 635 g/mol. The average molecular weight is 676 g/mol. The van der Waals surface area contributed by atoms with Gasteiger partial charge in [-0.25, -0.2) is 0 Å². The van der Waals surface area contributed by atoms with Crippen molar-refractivity contribution in [2.24, 2.45) is 0 Å². The SMILES string of the molecule is CCCCCCSSc1ccc(-c2ccc(-c3ccc(SSCCCCCC)s3)n2-c2ccc(C3OCCO3)cc2)s1. The Labute approximate surface area is 275 Å². The Hall–Kier alpha value is -0.780. The highest BCUT2D eigenvalue weighted by Crippen LogP contribution is 2.44. The molecule has 0 radical (unpaired) electrons. The van der Waals surface area contributed by atoms with Gasteiger partial charge < -0.3 is 14.0 Å². The number of benzene rings is 1.